The van der Waals surface area contributed by atoms with E-state index in [1.54, 1.807) is 0 Å². The molecule has 1 aliphatic heterocycles. The largest absolute Gasteiger partial charge is 0.481 e. The average molecular weight is 892 g/mol. The Morgan fingerprint density at radius 1 is 1.07 bits per heavy atom. The SMILES string of the molecule is CCCCC/C=C/C(=O)SCCNC(=O)CCNC(=O)[C@H](O)C(C)(C)COP(=O)(O)OP(=O)(O)OC[C@H]1O[C@@H](n2cnc3c(N)ncnc32)[C@H](O)[C@@H]1OP(=O)(O)O. The van der Waals surface area contributed by atoms with Gasteiger partial charge in [-0.3, -0.25) is 32.5 Å². The summed E-state index contributed by atoms with van der Waals surface area (Å²) in [6.07, 6.45) is 0.413. The highest BCUT2D eigenvalue weighted by Gasteiger charge is 2.50. The van der Waals surface area contributed by atoms with Gasteiger partial charge in [-0.15, -0.1) is 0 Å². The fourth-order valence-electron chi connectivity index (χ4n) is 5.02. The van der Waals surface area contributed by atoms with Gasteiger partial charge in [-0.25, -0.2) is 28.6 Å². The first kappa shape index (κ1) is 48.7. The molecule has 24 nitrogen and oxygen atoms in total. The summed E-state index contributed by atoms with van der Waals surface area (Å²) in [5, 5.41) is 26.3. The van der Waals surface area contributed by atoms with Crippen LogP contribution in [0.4, 0.5) is 5.82 Å². The number of carbonyl (C=O) groups excluding carboxylic acids is 3. The Hall–Kier alpha value is -2.70. The van der Waals surface area contributed by atoms with Gasteiger partial charge in [0.2, 0.25) is 16.9 Å². The van der Waals surface area contributed by atoms with Crippen LogP contribution in [0.15, 0.2) is 24.8 Å². The Morgan fingerprint density at radius 2 is 1.77 bits per heavy atom. The number of thioether (sulfide) groups is 1. The molecule has 2 aromatic rings. The van der Waals surface area contributed by atoms with Gasteiger partial charge >= 0.3 is 23.5 Å². The van der Waals surface area contributed by atoms with Crippen LogP contribution in [-0.4, -0.2) is 123 Å². The van der Waals surface area contributed by atoms with Crippen LogP contribution in [0.1, 0.15) is 59.1 Å². The Balaban J connectivity index is 1.46. The summed E-state index contributed by atoms with van der Waals surface area (Å²) >= 11 is 1.05. The number of hydrogen-bond acceptors (Lipinski definition) is 18. The minimum atomic E-state index is -5.57. The number of unbranched alkanes of at least 4 members (excludes halogenated alkanes) is 3. The number of carbonyl (C=O) groups is 3. The van der Waals surface area contributed by atoms with Gasteiger partial charge in [-0.05, 0) is 18.9 Å². The number of phosphoric ester groups is 3. The van der Waals surface area contributed by atoms with E-state index in [2.05, 4.69) is 41.3 Å². The van der Waals surface area contributed by atoms with Crippen molar-refractivity contribution in [2.24, 2.45) is 5.41 Å². The molecule has 28 heteroatoms. The van der Waals surface area contributed by atoms with Crippen molar-refractivity contribution in [3.63, 3.8) is 0 Å². The van der Waals surface area contributed by atoms with E-state index in [9.17, 15) is 57.9 Å². The Kier molecular flexibility index (Phi) is 18.4. The minimum Gasteiger partial charge on any atom is -0.386 e. The maximum atomic E-state index is 12.7. The van der Waals surface area contributed by atoms with Crippen LogP contribution in [0.25, 0.3) is 11.2 Å². The number of aliphatic hydroxyl groups excluding tert-OH is 2. The molecule has 0 bridgehead atoms. The lowest BCUT2D eigenvalue weighted by Crippen LogP contribution is -2.46. The second-order valence-electron chi connectivity index (χ2n) is 13.1. The van der Waals surface area contributed by atoms with Crippen LogP contribution in [0.5, 0.6) is 0 Å². The van der Waals surface area contributed by atoms with E-state index < -0.39 is 84.6 Å². The van der Waals surface area contributed by atoms with E-state index in [0.29, 0.717) is 5.75 Å². The number of nitrogen functional groups attached to an aromatic ring is 1. The number of nitrogens with zero attached hydrogens (tertiary/aromatic N) is 4. The van der Waals surface area contributed by atoms with E-state index in [0.717, 1.165) is 54.7 Å². The van der Waals surface area contributed by atoms with E-state index in [1.807, 2.05) is 6.08 Å². The molecule has 3 heterocycles. The standard InChI is InChI=1S/C29H48N7O17P3S/c1-4-5-6-7-8-9-20(38)57-13-12-31-19(37)10-11-32-27(41)24(40)29(2,3)15-50-56(47,48)53-55(45,46)49-14-18-23(52-54(42,43)44)22(39)28(51-18)36-17-35-21-25(30)33-16-34-26(21)36/h8-9,16-18,22-24,28,39-40H,4-7,10-15H2,1-3H3,(H,31,37)(H,32,41)(H,45,46)(H,47,48)(H2,30,33,34)(H2,42,43,44)/b9-8+/t18-,22-,23-,24+,28-/m1/s1. The maximum absolute atomic E-state index is 12.7. The predicted molar refractivity (Wildman–Crippen MR) is 200 cm³/mol. The first-order chi connectivity index (χ1) is 26.6. The molecular formula is C29H48N7O17P3S. The molecule has 0 aliphatic carbocycles. The van der Waals surface area contributed by atoms with E-state index in [-0.39, 0.29) is 41.6 Å². The second kappa shape index (κ2) is 21.5. The molecule has 57 heavy (non-hydrogen) atoms. The van der Waals surface area contributed by atoms with Gasteiger partial charge in [-0.1, -0.05) is 51.5 Å². The number of hydrogen-bond donors (Lipinski definition) is 9. The molecule has 10 N–H and O–H groups in total. The van der Waals surface area contributed by atoms with E-state index >= 15 is 0 Å². The molecule has 2 aromatic heterocycles. The summed E-state index contributed by atoms with van der Waals surface area (Å²) in [7, 11) is -16.4. The van der Waals surface area contributed by atoms with Crippen molar-refractivity contribution in [3.05, 3.63) is 24.8 Å². The highest BCUT2D eigenvalue weighted by molar-refractivity contribution is 8.14. The van der Waals surface area contributed by atoms with Gasteiger partial charge in [0, 0.05) is 30.7 Å². The Bertz CT molecular complexity index is 1860. The van der Waals surface area contributed by atoms with Crippen molar-refractivity contribution in [3.8, 4) is 0 Å². The van der Waals surface area contributed by atoms with E-state index in [4.69, 9.17) is 19.5 Å². The van der Waals surface area contributed by atoms with Gasteiger partial charge < -0.3 is 50.9 Å². The molecule has 0 aromatic carbocycles. The lowest BCUT2D eigenvalue weighted by atomic mass is 9.87. The summed E-state index contributed by atoms with van der Waals surface area (Å²) in [5.41, 5.74) is 4.26. The highest BCUT2D eigenvalue weighted by Crippen LogP contribution is 2.61. The van der Waals surface area contributed by atoms with Crippen molar-refractivity contribution >= 4 is 69.1 Å². The number of rotatable bonds is 24. The van der Waals surface area contributed by atoms with Crippen molar-refractivity contribution < 1.29 is 80.5 Å². The molecule has 0 spiro atoms. The highest BCUT2D eigenvalue weighted by atomic mass is 32.2. The smallest absolute Gasteiger partial charge is 0.386 e. The lowest BCUT2D eigenvalue weighted by molar-refractivity contribution is -0.137. The zero-order valence-corrected chi connectivity index (χ0v) is 34.6. The zero-order chi connectivity index (χ0) is 42.6. The topological polar surface area (TPSA) is 364 Å². The number of nitrogens with two attached hydrogens (primary N) is 1. The minimum absolute atomic E-state index is 0.0310. The Labute approximate surface area is 330 Å². The second-order valence-corrected chi connectivity index (χ2v) is 18.5. The molecular weight excluding hydrogens is 843 g/mol. The summed E-state index contributed by atoms with van der Waals surface area (Å²) in [6, 6.07) is 0. The summed E-state index contributed by atoms with van der Waals surface area (Å²) in [4.78, 5) is 87.5. The van der Waals surface area contributed by atoms with Crippen LogP contribution in [0.3, 0.4) is 0 Å². The number of allylic oxidation sites excluding steroid dienone is 1. The van der Waals surface area contributed by atoms with Gasteiger partial charge in [0.15, 0.2) is 17.7 Å². The molecule has 7 atom stereocenters. The van der Waals surface area contributed by atoms with Crippen molar-refractivity contribution in [2.75, 3.05) is 37.8 Å². The van der Waals surface area contributed by atoms with Crippen LogP contribution in [-0.2, 0) is 50.7 Å². The van der Waals surface area contributed by atoms with Crippen molar-refractivity contribution in [1.29, 1.82) is 0 Å². The maximum Gasteiger partial charge on any atom is 0.481 e. The normalized spacial score (nSPS) is 21.6. The molecule has 0 radical (unpaired) electrons. The summed E-state index contributed by atoms with van der Waals surface area (Å²) < 4.78 is 62.1. The average Bonchev–Trinajstić information content (AvgIpc) is 3.68. The first-order valence-corrected chi connectivity index (χ1v) is 22.8. The number of nitrogens with one attached hydrogen (secondary N) is 2. The van der Waals surface area contributed by atoms with Gasteiger partial charge in [0.05, 0.1) is 19.5 Å². The van der Waals surface area contributed by atoms with Crippen molar-refractivity contribution in [2.45, 2.75) is 83.5 Å². The number of phosphoric acid groups is 3. The lowest BCUT2D eigenvalue weighted by Gasteiger charge is -2.30. The van der Waals surface area contributed by atoms with Crippen LogP contribution in [0.2, 0.25) is 0 Å². The Morgan fingerprint density at radius 3 is 2.46 bits per heavy atom. The quantitative estimate of drug-likeness (QED) is 0.0400. The summed E-state index contributed by atoms with van der Waals surface area (Å²) in [6.45, 7) is 2.59. The molecule has 1 saturated heterocycles. The molecule has 2 unspecified atom stereocenters. The molecule has 1 aliphatic rings. The number of ether oxygens (including phenoxy) is 1. The van der Waals surface area contributed by atoms with Gasteiger partial charge in [-0.2, -0.15) is 4.31 Å². The predicted octanol–water partition coefficient (Wildman–Crippen LogP) is 0.801. The number of aliphatic hydroxyl groups is 2. The number of imidazole rings is 1. The van der Waals surface area contributed by atoms with Gasteiger partial charge in [0.25, 0.3) is 0 Å². The van der Waals surface area contributed by atoms with Crippen LogP contribution >= 0.6 is 35.2 Å². The molecule has 0 saturated carbocycles. The van der Waals surface area contributed by atoms with Gasteiger partial charge in [0.1, 0.15) is 36.3 Å². The molecule has 322 valence electrons. The molecule has 3 rings (SSSR count). The fourth-order valence-corrected chi connectivity index (χ4v) is 8.45. The number of aromatic nitrogens is 4. The number of fused-ring (bicyclic) bond motifs is 1. The zero-order valence-electron chi connectivity index (χ0n) is 31.1. The van der Waals surface area contributed by atoms with E-state index in [1.165, 1.54) is 19.9 Å². The summed E-state index contributed by atoms with van der Waals surface area (Å²) in [5.74, 6) is -1.11. The van der Waals surface area contributed by atoms with Crippen molar-refractivity contribution in [1.82, 2.24) is 30.2 Å². The molecule has 2 amide bonds. The third-order valence-corrected chi connectivity index (χ3v) is 11.9. The monoisotopic (exact) mass is 891 g/mol. The van der Waals surface area contributed by atoms with Crippen LogP contribution < -0.4 is 16.4 Å². The molecule has 1 fully saturated rings. The number of amides is 2. The third-order valence-electron chi connectivity index (χ3n) is 7.97. The number of anilines is 1. The third kappa shape index (κ3) is 15.8. The first-order valence-electron chi connectivity index (χ1n) is 17.3. The fraction of sp³-hybridized carbons (Fsp3) is 0.655. The van der Waals surface area contributed by atoms with Crippen LogP contribution in [0, 0.1) is 5.41 Å².